The highest BCUT2D eigenvalue weighted by Gasteiger charge is 1.93. The van der Waals surface area contributed by atoms with Crippen LogP contribution in [0.25, 0.3) is 10.9 Å². The van der Waals surface area contributed by atoms with E-state index in [1.807, 2.05) is 30.5 Å². The highest BCUT2D eigenvalue weighted by molar-refractivity contribution is 5.82. The molecule has 0 saturated carbocycles. The van der Waals surface area contributed by atoms with Crippen molar-refractivity contribution in [1.29, 1.82) is 0 Å². The lowest BCUT2D eigenvalue weighted by Crippen LogP contribution is -2.03. The van der Waals surface area contributed by atoms with Crippen LogP contribution in [0, 0.1) is 0 Å². The second-order valence-corrected chi connectivity index (χ2v) is 3.28. The Kier molecular flexibility index (Phi) is 4.81. The van der Waals surface area contributed by atoms with E-state index >= 15 is 0 Å². The largest absolute Gasteiger partial charge is 0.394 e. The highest BCUT2D eigenvalue weighted by atomic mass is 16.6. The van der Waals surface area contributed by atoms with Crippen LogP contribution < -0.4 is 0 Å². The van der Waals surface area contributed by atoms with Crippen molar-refractivity contribution >= 4 is 22.8 Å². The first-order valence-corrected chi connectivity index (χ1v) is 5.08. The summed E-state index contributed by atoms with van der Waals surface area (Å²) >= 11 is 0. The van der Waals surface area contributed by atoms with Crippen molar-refractivity contribution in [2.75, 3.05) is 0 Å². The average Bonchev–Trinajstić information content (AvgIpc) is 2.28. The predicted octanol–water partition coefficient (Wildman–Crippen LogP) is 2.33. The standard InChI is InChI=1S/C9H7N.C4H6O3/c1-2-6-9-8(4-1)5-3-7-10-9;1-3(5)7-4(2)6/h1-7H;1-2H3. The van der Waals surface area contributed by atoms with Gasteiger partial charge in [0.25, 0.3) is 0 Å². The van der Waals surface area contributed by atoms with Gasteiger partial charge in [-0.2, -0.15) is 0 Å². The molecule has 88 valence electrons. The number of para-hydroxylation sites is 1. The zero-order chi connectivity index (χ0) is 12.7. The van der Waals surface area contributed by atoms with Crippen LogP contribution in [0.15, 0.2) is 42.6 Å². The van der Waals surface area contributed by atoms with Crippen molar-refractivity contribution in [2.45, 2.75) is 13.8 Å². The van der Waals surface area contributed by atoms with Crippen LogP contribution in [-0.4, -0.2) is 16.9 Å². The van der Waals surface area contributed by atoms with Crippen molar-refractivity contribution in [2.24, 2.45) is 0 Å². The molecule has 1 aromatic carbocycles. The number of pyridine rings is 1. The summed E-state index contributed by atoms with van der Waals surface area (Å²) in [7, 11) is 0. The fourth-order valence-corrected chi connectivity index (χ4v) is 1.22. The van der Waals surface area contributed by atoms with Gasteiger partial charge in [0.15, 0.2) is 0 Å². The van der Waals surface area contributed by atoms with E-state index in [4.69, 9.17) is 0 Å². The number of nitrogens with zero attached hydrogens (tertiary/aromatic N) is 1. The fourth-order valence-electron chi connectivity index (χ4n) is 1.22. The highest BCUT2D eigenvalue weighted by Crippen LogP contribution is 2.07. The summed E-state index contributed by atoms with van der Waals surface area (Å²) in [6.45, 7) is 2.36. The number of hydrogen-bond donors (Lipinski definition) is 0. The van der Waals surface area contributed by atoms with E-state index in [0.29, 0.717) is 0 Å². The molecule has 0 amide bonds. The number of benzene rings is 1. The molecule has 0 spiro atoms. The van der Waals surface area contributed by atoms with Gasteiger partial charge in [-0.15, -0.1) is 0 Å². The van der Waals surface area contributed by atoms with Gasteiger partial charge in [0, 0.05) is 25.4 Å². The molecule has 0 bridgehead atoms. The summed E-state index contributed by atoms with van der Waals surface area (Å²) in [5, 5.41) is 1.20. The lowest BCUT2D eigenvalue weighted by atomic mass is 10.2. The molecule has 2 aromatic rings. The molecule has 0 atom stereocenters. The first-order valence-electron chi connectivity index (χ1n) is 5.08. The van der Waals surface area contributed by atoms with Gasteiger partial charge in [0.05, 0.1) is 5.52 Å². The first-order chi connectivity index (χ1) is 8.09. The van der Waals surface area contributed by atoms with Crippen molar-refractivity contribution in [3.05, 3.63) is 42.6 Å². The van der Waals surface area contributed by atoms with Crippen molar-refractivity contribution < 1.29 is 14.3 Å². The van der Waals surface area contributed by atoms with Crippen LogP contribution >= 0.6 is 0 Å². The minimum Gasteiger partial charge on any atom is -0.394 e. The Hall–Kier alpha value is -2.23. The van der Waals surface area contributed by atoms with Crippen LogP contribution in [0.3, 0.4) is 0 Å². The molecule has 2 rings (SSSR count). The summed E-state index contributed by atoms with van der Waals surface area (Å²) < 4.78 is 3.97. The van der Waals surface area contributed by atoms with E-state index in [1.165, 1.54) is 19.2 Å². The van der Waals surface area contributed by atoms with Crippen LogP contribution in [-0.2, 0) is 14.3 Å². The Labute approximate surface area is 99.2 Å². The SMILES string of the molecule is CC(=O)OC(C)=O.c1ccc2ncccc2c1. The maximum atomic E-state index is 9.81. The number of aromatic nitrogens is 1. The van der Waals surface area contributed by atoms with Gasteiger partial charge in [-0.1, -0.05) is 24.3 Å². The summed E-state index contributed by atoms with van der Waals surface area (Å²) in [5.74, 6) is -1.12. The third-order valence-corrected chi connectivity index (χ3v) is 1.80. The molecule has 0 aliphatic carbocycles. The molecule has 1 heterocycles. The molecule has 0 saturated heterocycles. The number of fused-ring (bicyclic) bond motifs is 1. The van der Waals surface area contributed by atoms with Crippen molar-refractivity contribution in [3.8, 4) is 0 Å². The number of ether oxygens (including phenoxy) is 1. The Morgan fingerprint density at radius 3 is 2.12 bits per heavy atom. The molecule has 0 radical (unpaired) electrons. The van der Waals surface area contributed by atoms with Crippen molar-refractivity contribution in [1.82, 2.24) is 4.98 Å². The number of carbonyl (C=O) groups excluding carboxylic acids is 2. The van der Waals surface area contributed by atoms with Crippen LogP contribution in [0.1, 0.15) is 13.8 Å². The average molecular weight is 231 g/mol. The van der Waals surface area contributed by atoms with E-state index in [-0.39, 0.29) is 0 Å². The van der Waals surface area contributed by atoms with Gasteiger partial charge >= 0.3 is 11.9 Å². The zero-order valence-corrected chi connectivity index (χ0v) is 9.71. The van der Waals surface area contributed by atoms with Gasteiger partial charge in [-0.25, -0.2) is 0 Å². The van der Waals surface area contributed by atoms with Gasteiger partial charge in [-0.3, -0.25) is 14.6 Å². The summed E-state index contributed by atoms with van der Waals surface area (Å²) in [5.41, 5.74) is 1.06. The van der Waals surface area contributed by atoms with E-state index in [0.717, 1.165) is 5.52 Å². The minimum absolute atomic E-state index is 0.562. The summed E-state index contributed by atoms with van der Waals surface area (Å²) in [6, 6.07) is 12.1. The zero-order valence-electron chi connectivity index (χ0n) is 9.71. The molecule has 4 nitrogen and oxygen atoms in total. The fraction of sp³-hybridized carbons (Fsp3) is 0.154. The van der Waals surface area contributed by atoms with Gasteiger partial charge in [-0.05, 0) is 12.1 Å². The topological polar surface area (TPSA) is 56.3 Å². The molecule has 0 N–H and O–H groups in total. The maximum absolute atomic E-state index is 9.81. The Balaban J connectivity index is 0.000000185. The normalized spacial score (nSPS) is 9.06. The molecule has 0 aliphatic heterocycles. The Bertz CT molecular complexity index is 445. The molecule has 17 heavy (non-hydrogen) atoms. The molecule has 1 aromatic heterocycles. The quantitative estimate of drug-likeness (QED) is 0.515. The molecule has 0 fully saturated rings. The predicted molar refractivity (Wildman–Crippen MR) is 64.2 cm³/mol. The summed E-state index contributed by atoms with van der Waals surface area (Å²) in [6.07, 6.45) is 1.81. The molecular formula is C13H13NO3. The lowest BCUT2D eigenvalue weighted by molar-refractivity contribution is -0.156. The van der Waals surface area contributed by atoms with E-state index in [1.54, 1.807) is 0 Å². The van der Waals surface area contributed by atoms with Crippen molar-refractivity contribution in [3.63, 3.8) is 0 Å². The number of hydrogen-bond acceptors (Lipinski definition) is 4. The number of carbonyl (C=O) groups is 2. The first kappa shape index (κ1) is 12.8. The number of rotatable bonds is 0. The third-order valence-electron chi connectivity index (χ3n) is 1.80. The third kappa shape index (κ3) is 4.88. The molecule has 0 unspecified atom stereocenters. The summed E-state index contributed by atoms with van der Waals surface area (Å²) in [4.78, 5) is 23.8. The molecular weight excluding hydrogens is 218 g/mol. The van der Waals surface area contributed by atoms with Gasteiger partial charge in [0.1, 0.15) is 0 Å². The van der Waals surface area contributed by atoms with Crippen LogP contribution in [0.2, 0.25) is 0 Å². The van der Waals surface area contributed by atoms with Gasteiger partial charge < -0.3 is 4.74 Å². The van der Waals surface area contributed by atoms with E-state index < -0.39 is 11.9 Å². The molecule has 4 heteroatoms. The smallest absolute Gasteiger partial charge is 0.310 e. The second kappa shape index (κ2) is 6.37. The maximum Gasteiger partial charge on any atom is 0.310 e. The van der Waals surface area contributed by atoms with E-state index in [9.17, 15) is 9.59 Å². The van der Waals surface area contributed by atoms with E-state index in [2.05, 4.69) is 21.9 Å². The van der Waals surface area contributed by atoms with Crippen LogP contribution in [0.4, 0.5) is 0 Å². The monoisotopic (exact) mass is 231 g/mol. The lowest BCUT2D eigenvalue weighted by Gasteiger charge is -1.91. The Morgan fingerprint density at radius 2 is 1.59 bits per heavy atom. The van der Waals surface area contributed by atoms with Crippen LogP contribution in [0.5, 0.6) is 0 Å². The second-order valence-electron chi connectivity index (χ2n) is 3.28. The minimum atomic E-state index is -0.562. The molecule has 0 aliphatic rings. The Morgan fingerprint density at radius 1 is 1.00 bits per heavy atom. The number of esters is 2. The van der Waals surface area contributed by atoms with Gasteiger partial charge in [0.2, 0.25) is 0 Å².